The lowest BCUT2D eigenvalue weighted by Crippen LogP contribution is -2.43. The van der Waals surface area contributed by atoms with Gasteiger partial charge in [0.2, 0.25) is 21.8 Å². The first-order chi connectivity index (χ1) is 19.2. The summed E-state index contributed by atoms with van der Waals surface area (Å²) in [5, 5.41) is 3.05. The maximum absolute atomic E-state index is 13.8. The Morgan fingerprint density at radius 1 is 0.875 bits per heavy atom. The molecule has 1 aliphatic carbocycles. The van der Waals surface area contributed by atoms with E-state index >= 15 is 0 Å². The molecule has 2 amide bonds. The topological polar surface area (TPSA) is 95.6 Å². The van der Waals surface area contributed by atoms with Crippen molar-refractivity contribution in [3.63, 3.8) is 0 Å². The molecule has 1 saturated carbocycles. The van der Waals surface area contributed by atoms with Gasteiger partial charge in [0.1, 0.15) is 6.04 Å². The van der Waals surface area contributed by atoms with Gasteiger partial charge in [0, 0.05) is 25.6 Å². The first-order valence-corrected chi connectivity index (χ1v) is 15.5. The van der Waals surface area contributed by atoms with Crippen LogP contribution in [0.2, 0.25) is 0 Å². The van der Waals surface area contributed by atoms with Crippen molar-refractivity contribution in [2.24, 2.45) is 5.92 Å². The van der Waals surface area contributed by atoms with Crippen LogP contribution < -0.4 is 10.0 Å². The highest BCUT2D eigenvalue weighted by Crippen LogP contribution is 2.26. The number of hydrogen-bond donors (Lipinski definition) is 2. The lowest BCUT2D eigenvalue weighted by atomic mass is 10.0. The van der Waals surface area contributed by atoms with Crippen molar-refractivity contribution in [1.29, 1.82) is 0 Å². The average Bonchev–Trinajstić information content (AvgIpc) is 3.76. The van der Waals surface area contributed by atoms with E-state index in [1.54, 1.807) is 29.2 Å². The average molecular weight is 562 g/mol. The van der Waals surface area contributed by atoms with Crippen molar-refractivity contribution in [2.75, 3.05) is 6.54 Å². The highest BCUT2D eigenvalue weighted by molar-refractivity contribution is 7.89. The van der Waals surface area contributed by atoms with Gasteiger partial charge in [0.15, 0.2) is 0 Å². The van der Waals surface area contributed by atoms with Gasteiger partial charge in [-0.25, -0.2) is 13.1 Å². The number of carbonyl (C=O) groups excluding carboxylic acids is 2. The minimum absolute atomic E-state index is 0.0398. The van der Waals surface area contributed by atoms with Crippen LogP contribution in [0, 0.1) is 5.92 Å². The molecule has 1 atom stereocenters. The maximum Gasteiger partial charge on any atom is 0.247 e. The fourth-order valence-electron chi connectivity index (χ4n) is 4.51. The Morgan fingerprint density at radius 2 is 1.50 bits per heavy atom. The smallest absolute Gasteiger partial charge is 0.247 e. The van der Waals surface area contributed by atoms with Gasteiger partial charge in [-0.3, -0.25) is 9.59 Å². The molecule has 0 aromatic heterocycles. The summed E-state index contributed by atoms with van der Waals surface area (Å²) in [5.41, 5.74) is 2.55. The van der Waals surface area contributed by atoms with Crippen molar-refractivity contribution in [3.05, 3.63) is 102 Å². The molecule has 3 aromatic carbocycles. The first kappa shape index (κ1) is 29.5. The third-order valence-electron chi connectivity index (χ3n) is 6.97. The molecule has 7 nitrogen and oxygen atoms in total. The van der Waals surface area contributed by atoms with Crippen LogP contribution in [0.4, 0.5) is 0 Å². The zero-order valence-corrected chi connectivity index (χ0v) is 24.1. The van der Waals surface area contributed by atoms with E-state index in [1.807, 2.05) is 60.7 Å². The first-order valence-electron chi connectivity index (χ1n) is 14.0. The molecule has 0 bridgehead atoms. The Kier molecular flexibility index (Phi) is 10.1. The summed E-state index contributed by atoms with van der Waals surface area (Å²) in [4.78, 5) is 29.3. The summed E-state index contributed by atoms with van der Waals surface area (Å²) in [5.74, 6) is 0.0982. The second kappa shape index (κ2) is 13.7. The van der Waals surface area contributed by atoms with Gasteiger partial charge in [-0.1, -0.05) is 86.6 Å². The van der Waals surface area contributed by atoms with E-state index in [0.717, 1.165) is 36.0 Å². The van der Waals surface area contributed by atoms with Crippen LogP contribution in [0.5, 0.6) is 0 Å². The fourth-order valence-corrected chi connectivity index (χ4v) is 5.82. The molecule has 0 heterocycles. The van der Waals surface area contributed by atoms with Crippen molar-refractivity contribution in [3.8, 4) is 0 Å². The Labute approximate surface area is 238 Å². The van der Waals surface area contributed by atoms with Gasteiger partial charge in [0.25, 0.3) is 0 Å². The van der Waals surface area contributed by atoms with E-state index in [1.165, 1.54) is 0 Å². The summed E-state index contributed by atoms with van der Waals surface area (Å²) in [6.45, 7) is 5.05. The van der Waals surface area contributed by atoms with Crippen molar-refractivity contribution < 1.29 is 18.0 Å². The quantitative estimate of drug-likeness (QED) is 0.290. The van der Waals surface area contributed by atoms with Crippen LogP contribution in [0.1, 0.15) is 62.3 Å². The van der Waals surface area contributed by atoms with Crippen molar-refractivity contribution >= 4 is 21.8 Å². The molecule has 1 fully saturated rings. The molecule has 8 heteroatoms. The Balaban J connectivity index is 1.53. The summed E-state index contributed by atoms with van der Waals surface area (Å²) < 4.78 is 27.7. The number of nitrogens with one attached hydrogen (secondary N) is 2. The van der Waals surface area contributed by atoms with Crippen LogP contribution in [0.15, 0.2) is 89.8 Å². The van der Waals surface area contributed by atoms with Gasteiger partial charge in [-0.05, 0) is 60.4 Å². The fraction of sp³-hybridized carbons (Fsp3) is 0.375. The molecule has 0 saturated heterocycles. The molecule has 40 heavy (non-hydrogen) atoms. The third kappa shape index (κ3) is 8.50. The molecule has 0 unspecified atom stereocenters. The van der Waals surface area contributed by atoms with Crippen LogP contribution in [0.3, 0.4) is 0 Å². The lowest BCUT2D eigenvalue weighted by Gasteiger charge is -2.32. The molecule has 0 radical (unpaired) electrons. The molecule has 4 rings (SSSR count). The van der Waals surface area contributed by atoms with E-state index in [0.29, 0.717) is 25.4 Å². The molecule has 0 spiro atoms. The lowest BCUT2D eigenvalue weighted by molar-refractivity contribution is -0.141. The number of aryl methyl sites for hydroxylation is 1. The number of nitrogens with zero attached hydrogens (tertiary/aromatic N) is 1. The predicted molar refractivity (Wildman–Crippen MR) is 157 cm³/mol. The normalized spacial score (nSPS) is 14.1. The standard InChI is InChI=1S/C32H39N3O4S/c1-24(2)21-22-33-32(37)31(27-11-7-4-8-12-27)35(23-26-9-5-3-6-10-26)30(36)20-15-25-13-18-29(19-14-25)40(38,39)34-28-16-17-28/h3-14,18-19,24,28,31,34H,15-17,20-23H2,1-2H3,(H,33,37)/t31-/m1/s1. The summed E-state index contributed by atoms with van der Waals surface area (Å²) in [7, 11) is -3.53. The van der Waals surface area contributed by atoms with Crippen molar-refractivity contribution in [1.82, 2.24) is 14.9 Å². The van der Waals surface area contributed by atoms with Crippen LogP contribution in [-0.2, 0) is 32.6 Å². The molecule has 0 aliphatic heterocycles. The molecule has 2 N–H and O–H groups in total. The Morgan fingerprint density at radius 3 is 2.10 bits per heavy atom. The van der Waals surface area contributed by atoms with E-state index < -0.39 is 16.1 Å². The summed E-state index contributed by atoms with van der Waals surface area (Å²) in [6.07, 6.45) is 3.21. The molecular formula is C32H39N3O4S. The molecule has 3 aromatic rings. The minimum atomic E-state index is -3.53. The molecular weight excluding hydrogens is 522 g/mol. The van der Waals surface area contributed by atoms with Crippen LogP contribution in [-0.4, -0.2) is 37.7 Å². The van der Waals surface area contributed by atoms with Gasteiger partial charge >= 0.3 is 0 Å². The van der Waals surface area contributed by atoms with Crippen LogP contribution in [0.25, 0.3) is 0 Å². The van der Waals surface area contributed by atoms with E-state index in [4.69, 9.17) is 0 Å². The number of carbonyl (C=O) groups is 2. The number of rotatable bonds is 14. The molecule has 212 valence electrons. The summed E-state index contributed by atoms with van der Waals surface area (Å²) in [6, 6.07) is 25.0. The highest BCUT2D eigenvalue weighted by atomic mass is 32.2. The zero-order chi connectivity index (χ0) is 28.5. The second-order valence-electron chi connectivity index (χ2n) is 10.8. The van der Waals surface area contributed by atoms with E-state index in [-0.39, 0.29) is 29.2 Å². The number of benzene rings is 3. The Hall–Kier alpha value is -3.49. The number of sulfonamides is 1. The van der Waals surface area contributed by atoms with Gasteiger partial charge in [-0.15, -0.1) is 0 Å². The zero-order valence-electron chi connectivity index (χ0n) is 23.3. The van der Waals surface area contributed by atoms with Crippen molar-refractivity contribution in [2.45, 2.75) is 69.5 Å². The monoisotopic (exact) mass is 561 g/mol. The van der Waals surface area contributed by atoms with Gasteiger partial charge in [-0.2, -0.15) is 0 Å². The van der Waals surface area contributed by atoms with Crippen LogP contribution >= 0.6 is 0 Å². The largest absolute Gasteiger partial charge is 0.354 e. The highest BCUT2D eigenvalue weighted by Gasteiger charge is 2.31. The van der Waals surface area contributed by atoms with Gasteiger partial charge < -0.3 is 10.2 Å². The second-order valence-corrected chi connectivity index (χ2v) is 12.5. The number of hydrogen-bond acceptors (Lipinski definition) is 4. The van der Waals surface area contributed by atoms with Gasteiger partial charge in [0.05, 0.1) is 4.90 Å². The Bertz CT molecular complexity index is 1360. The SMILES string of the molecule is CC(C)CCNC(=O)[C@@H](c1ccccc1)N(Cc1ccccc1)C(=O)CCc1ccc(S(=O)(=O)NC2CC2)cc1. The minimum Gasteiger partial charge on any atom is -0.354 e. The molecule has 1 aliphatic rings. The maximum atomic E-state index is 13.8. The van der Waals surface area contributed by atoms with E-state index in [9.17, 15) is 18.0 Å². The predicted octanol–water partition coefficient (Wildman–Crippen LogP) is 4.99. The van der Waals surface area contributed by atoms with E-state index in [2.05, 4.69) is 23.9 Å². The summed E-state index contributed by atoms with van der Waals surface area (Å²) >= 11 is 0. The number of amides is 2. The third-order valence-corrected chi connectivity index (χ3v) is 8.51.